The quantitative estimate of drug-likeness (QED) is 0.470. The number of nitrogens with zero attached hydrogens (tertiary/aromatic N) is 4. The first kappa shape index (κ1) is 14.6. The van der Waals surface area contributed by atoms with E-state index in [-0.39, 0.29) is 6.16 Å². The predicted octanol–water partition coefficient (Wildman–Crippen LogP) is 1.94. The highest BCUT2D eigenvalue weighted by atomic mass is 79.9. The van der Waals surface area contributed by atoms with Crippen molar-refractivity contribution in [3.63, 3.8) is 0 Å². The van der Waals surface area contributed by atoms with Gasteiger partial charge in [-0.25, -0.2) is 15.0 Å². The second kappa shape index (κ2) is 6.09. The standard InChI is InChI=1S/C10H14BrN4O3P/c11-9-8-10(13-6-12-9)15(7-14-8)4-2-1-3-5-19(16,17)18/h6-7H,1-5H2,(H2,16,17,18). The summed E-state index contributed by atoms with van der Waals surface area (Å²) in [7, 11) is -3.86. The van der Waals surface area contributed by atoms with E-state index in [4.69, 9.17) is 9.79 Å². The van der Waals surface area contributed by atoms with E-state index in [1.807, 2.05) is 4.57 Å². The van der Waals surface area contributed by atoms with Gasteiger partial charge in [0.15, 0.2) is 5.65 Å². The second-order valence-corrected chi connectivity index (χ2v) is 6.75. The van der Waals surface area contributed by atoms with Crippen molar-refractivity contribution in [2.45, 2.75) is 25.8 Å². The molecule has 0 saturated heterocycles. The molecule has 0 radical (unpaired) electrons. The largest absolute Gasteiger partial charge is 0.325 e. The summed E-state index contributed by atoms with van der Waals surface area (Å²) in [4.78, 5) is 29.9. The Labute approximate surface area is 118 Å². The van der Waals surface area contributed by atoms with E-state index < -0.39 is 7.60 Å². The molecular weight excluding hydrogens is 335 g/mol. The Morgan fingerprint density at radius 1 is 1.21 bits per heavy atom. The summed E-state index contributed by atoms with van der Waals surface area (Å²) in [6.45, 7) is 0.723. The summed E-state index contributed by atoms with van der Waals surface area (Å²) in [5, 5.41) is 0. The molecule has 0 atom stereocenters. The third-order valence-electron chi connectivity index (χ3n) is 2.70. The number of hydrogen-bond donors (Lipinski definition) is 2. The number of imidazole rings is 1. The van der Waals surface area contributed by atoms with Crippen LogP contribution in [0.4, 0.5) is 0 Å². The molecule has 9 heteroatoms. The van der Waals surface area contributed by atoms with Gasteiger partial charge in [-0.15, -0.1) is 0 Å². The average molecular weight is 349 g/mol. The monoisotopic (exact) mass is 348 g/mol. The van der Waals surface area contributed by atoms with Crippen molar-refractivity contribution in [3.8, 4) is 0 Å². The van der Waals surface area contributed by atoms with Crippen LogP contribution < -0.4 is 0 Å². The van der Waals surface area contributed by atoms with Crippen LogP contribution in [0, 0.1) is 0 Å². The number of halogens is 1. The SMILES string of the molecule is O=P(O)(O)CCCCCn1cnc2c(Br)ncnc21. The molecule has 0 bridgehead atoms. The Bertz CT molecular complexity index is 612. The molecule has 0 unspecified atom stereocenters. The van der Waals surface area contributed by atoms with Gasteiger partial charge in [0, 0.05) is 12.7 Å². The zero-order valence-electron chi connectivity index (χ0n) is 10.1. The van der Waals surface area contributed by atoms with Crippen molar-refractivity contribution in [1.29, 1.82) is 0 Å². The lowest BCUT2D eigenvalue weighted by Gasteiger charge is -2.05. The Morgan fingerprint density at radius 3 is 2.74 bits per heavy atom. The third-order valence-corrected chi connectivity index (χ3v) is 4.18. The molecule has 2 heterocycles. The molecule has 0 aliphatic carbocycles. The van der Waals surface area contributed by atoms with E-state index >= 15 is 0 Å². The first-order chi connectivity index (χ1) is 8.97. The first-order valence-electron chi connectivity index (χ1n) is 5.83. The molecule has 104 valence electrons. The van der Waals surface area contributed by atoms with Crippen molar-refractivity contribution in [2.75, 3.05) is 6.16 Å². The molecular formula is C10H14BrN4O3P. The molecule has 0 spiro atoms. The predicted molar refractivity (Wildman–Crippen MR) is 73.8 cm³/mol. The molecule has 7 nitrogen and oxygen atoms in total. The van der Waals surface area contributed by atoms with Gasteiger partial charge >= 0.3 is 7.60 Å². The van der Waals surface area contributed by atoms with Gasteiger partial charge in [-0.05, 0) is 28.8 Å². The number of unbranched alkanes of at least 4 members (excludes halogenated alkanes) is 2. The van der Waals surface area contributed by atoms with Crippen molar-refractivity contribution in [1.82, 2.24) is 19.5 Å². The summed E-state index contributed by atoms with van der Waals surface area (Å²) < 4.78 is 13.3. The molecule has 0 fully saturated rings. The van der Waals surface area contributed by atoms with Gasteiger partial charge in [-0.2, -0.15) is 0 Å². The van der Waals surface area contributed by atoms with Crippen LogP contribution in [0.5, 0.6) is 0 Å². The Balaban J connectivity index is 1.89. The molecule has 0 aromatic carbocycles. The summed E-state index contributed by atoms with van der Waals surface area (Å²) >= 11 is 3.31. The number of fused-ring (bicyclic) bond motifs is 1. The Kier molecular flexibility index (Phi) is 4.67. The molecule has 0 aliphatic heterocycles. The molecule has 0 aliphatic rings. The highest BCUT2D eigenvalue weighted by Gasteiger charge is 2.11. The summed E-state index contributed by atoms with van der Waals surface area (Å²) in [5.41, 5.74) is 1.48. The van der Waals surface area contributed by atoms with Gasteiger partial charge in [-0.3, -0.25) is 4.57 Å². The van der Waals surface area contributed by atoms with Gasteiger partial charge in [0.05, 0.1) is 6.33 Å². The van der Waals surface area contributed by atoms with E-state index in [1.54, 1.807) is 6.33 Å². The number of aryl methyl sites for hydroxylation is 1. The second-order valence-electron chi connectivity index (χ2n) is 4.22. The smallest absolute Gasteiger partial charge is 0.324 e. The van der Waals surface area contributed by atoms with Crippen LogP contribution in [0.3, 0.4) is 0 Å². The van der Waals surface area contributed by atoms with Crippen LogP contribution in [0.25, 0.3) is 11.2 Å². The topological polar surface area (TPSA) is 101 Å². The maximum absolute atomic E-state index is 10.7. The molecule has 0 saturated carbocycles. The fraction of sp³-hybridized carbons (Fsp3) is 0.500. The lowest BCUT2D eigenvalue weighted by molar-refractivity contribution is 0.370. The van der Waals surface area contributed by atoms with E-state index in [0.717, 1.165) is 30.6 Å². The van der Waals surface area contributed by atoms with Crippen molar-refractivity contribution in [2.24, 2.45) is 0 Å². The molecule has 2 rings (SSSR count). The van der Waals surface area contributed by atoms with Crippen LogP contribution in [0.2, 0.25) is 0 Å². The van der Waals surface area contributed by atoms with Gasteiger partial charge in [0.1, 0.15) is 16.4 Å². The minimum absolute atomic E-state index is 0.0502. The van der Waals surface area contributed by atoms with Gasteiger partial charge in [-0.1, -0.05) is 6.42 Å². The zero-order valence-corrected chi connectivity index (χ0v) is 12.6. The fourth-order valence-electron chi connectivity index (χ4n) is 1.79. The Hall–Kier alpha value is -0.820. The van der Waals surface area contributed by atoms with Crippen LogP contribution in [-0.2, 0) is 11.1 Å². The molecule has 2 N–H and O–H groups in total. The fourth-order valence-corrected chi connectivity index (χ4v) is 2.80. The maximum Gasteiger partial charge on any atom is 0.325 e. The first-order valence-corrected chi connectivity index (χ1v) is 8.42. The molecule has 0 amide bonds. The normalized spacial score (nSPS) is 12.2. The van der Waals surface area contributed by atoms with Crippen LogP contribution in [-0.4, -0.2) is 35.5 Å². The van der Waals surface area contributed by atoms with Gasteiger partial charge in [0.25, 0.3) is 0 Å². The van der Waals surface area contributed by atoms with E-state index in [2.05, 4.69) is 30.9 Å². The lowest BCUT2D eigenvalue weighted by Crippen LogP contribution is -1.98. The zero-order chi connectivity index (χ0) is 13.9. The van der Waals surface area contributed by atoms with E-state index in [0.29, 0.717) is 11.0 Å². The lowest BCUT2D eigenvalue weighted by atomic mass is 10.2. The van der Waals surface area contributed by atoms with Crippen LogP contribution >= 0.6 is 23.5 Å². The van der Waals surface area contributed by atoms with Crippen molar-refractivity contribution < 1.29 is 14.4 Å². The summed E-state index contributed by atoms with van der Waals surface area (Å²) in [6, 6.07) is 0. The summed E-state index contributed by atoms with van der Waals surface area (Å²) in [5.74, 6) is 0. The highest BCUT2D eigenvalue weighted by Crippen LogP contribution is 2.35. The number of aromatic nitrogens is 4. The molecule has 2 aromatic heterocycles. The summed E-state index contributed by atoms with van der Waals surface area (Å²) in [6.07, 6.45) is 5.23. The highest BCUT2D eigenvalue weighted by molar-refractivity contribution is 9.10. The number of rotatable bonds is 6. The van der Waals surface area contributed by atoms with Crippen LogP contribution in [0.15, 0.2) is 17.3 Å². The van der Waals surface area contributed by atoms with Gasteiger partial charge in [0.2, 0.25) is 0 Å². The van der Waals surface area contributed by atoms with E-state index in [9.17, 15) is 4.57 Å². The molecule has 19 heavy (non-hydrogen) atoms. The van der Waals surface area contributed by atoms with Crippen molar-refractivity contribution >= 4 is 34.7 Å². The van der Waals surface area contributed by atoms with Gasteiger partial charge < -0.3 is 14.4 Å². The van der Waals surface area contributed by atoms with E-state index in [1.165, 1.54) is 6.33 Å². The van der Waals surface area contributed by atoms with Crippen molar-refractivity contribution in [3.05, 3.63) is 17.3 Å². The minimum Gasteiger partial charge on any atom is -0.324 e. The maximum atomic E-state index is 10.7. The minimum atomic E-state index is -3.86. The Morgan fingerprint density at radius 2 is 2.00 bits per heavy atom. The van der Waals surface area contributed by atoms with Crippen LogP contribution in [0.1, 0.15) is 19.3 Å². The third kappa shape index (κ3) is 4.07. The molecule has 2 aromatic rings. The average Bonchev–Trinajstić information content (AvgIpc) is 2.72. The number of hydrogen-bond acceptors (Lipinski definition) is 4.